The number of hydrogen-bond acceptors (Lipinski definition) is 7. The molecule has 1 aliphatic rings. The summed E-state index contributed by atoms with van der Waals surface area (Å²) < 4.78 is 10.7. The fourth-order valence-corrected chi connectivity index (χ4v) is 3.29. The maximum Gasteiger partial charge on any atom is 0.335 e. The molecule has 0 spiro atoms. The molecule has 0 radical (unpaired) electrons. The molecule has 3 aromatic rings. The summed E-state index contributed by atoms with van der Waals surface area (Å²) in [6.07, 6.45) is 1.33. The molecular weight excluding hydrogens is 452 g/mol. The lowest BCUT2D eigenvalue weighted by Crippen LogP contribution is -2.54. The first-order valence-corrected chi connectivity index (χ1v) is 10.5. The third kappa shape index (κ3) is 5.72. The van der Waals surface area contributed by atoms with Gasteiger partial charge in [0.25, 0.3) is 11.8 Å². The Balaban J connectivity index is 1.48. The standard InChI is InChI=1S/C26H20N2O7/c29-23(30)16-35-20-10-6-17(7-11-20)14-22-24(31)27-26(33)28(25(22)32)19-8-12-21(13-9-19)34-15-18-4-2-1-3-5-18/h1-14H,15-16H2,(H,29,30)(H,27,31,33)/p-1/b22-14+. The van der Waals surface area contributed by atoms with E-state index in [4.69, 9.17) is 9.47 Å². The first-order valence-electron chi connectivity index (χ1n) is 10.5. The third-order valence-electron chi connectivity index (χ3n) is 4.99. The molecule has 35 heavy (non-hydrogen) atoms. The number of barbiturate groups is 1. The molecule has 4 rings (SSSR count). The van der Waals surface area contributed by atoms with Crippen LogP contribution in [-0.2, 0) is 21.0 Å². The second kappa shape index (κ2) is 10.3. The van der Waals surface area contributed by atoms with E-state index in [0.717, 1.165) is 10.5 Å². The number of ether oxygens (including phenoxy) is 2. The molecule has 1 N–H and O–H groups in total. The van der Waals surface area contributed by atoms with Gasteiger partial charge >= 0.3 is 6.03 Å². The molecule has 0 atom stereocenters. The molecule has 1 fully saturated rings. The number of urea groups is 1. The molecule has 3 aromatic carbocycles. The molecule has 9 heteroatoms. The molecule has 9 nitrogen and oxygen atoms in total. The van der Waals surface area contributed by atoms with Crippen molar-refractivity contribution >= 4 is 35.6 Å². The van der Waals surface area contributed by atoms with E-state index < -0.39 is 30.4 Å². The van der Waals surface area contributed by atoms with Gasteiger partial charge in [0.1, 0.15) is 30.3 Å². The summed E-state index contributed by atoms with van der Waals surface area (Å²) in [5.41, 5.74) is 1.50. The van der Waals surface area contributed by atoms with Crippen molar-refractivity contribution in [3.63, 3.8) is 0 Å². The van der Waals surface area contributed by atoms with Gasteiger partial charge in [0.2, 0.25) is 0 Å². The quantitative estimate of drug-likeness (QED) is 0.394. The fraction of sp³-hybridized carbons (Fsp3) is 0.0769. The molecule has 0 aliphatic carbocycles. The minimum absolute atomic E-state index is 0.239. The third-order valence-corrected chi connectivity index (χ3v) is 4.99. The van der Waals surface area contributed by atoms with E-state index in [9.17, 15) is 24.3 Å². The van der Waals surface area contributed by atoms with Gasteiger partial charge < -0.3 is 19.4 Å². The molecule has 4 amide bonds. The number of nitrogens with zero attached hydrogens (tertiary/aromatic N) is 1. The lowest BCUT2D eigenvalue weighted by atomic mass is 10.1. The number of anilines is 1. The normalized spacial score (nSPS) is 14.6. The van der Waals surface area contributed by atoms with E-state index in [1.165, 1.54) is 30.3 Å². The van der Waals surface area contributed by atoms with Gasteiger partial charge in [-0.05, 0) is 53.6 Å². The van der Waals surface area contributed by atoms with Crippen molar-refractivity contribution in [3.8, 4) is 11.5 Å². The number of amides is 4. The number of aliphatic carboxylic acids is 1. The van der Waals surface area contributed by atoms with E-state index in [0.29, 0.717) is 17.9 Å². The molecule has 1 saturated heterocycles. The smallest absolute Gasteiger partial charge is 0.335 e. The average Bonchev–Trinajstić information content (AvgIpc) is 2.86. The van der Waals surface area contributed by atoms with Gasteiger partial charge in [-0.1, -0.05) is 42.5 Å². The van der Waals surface area contributed by atoms with E-state index in [1.807, 2.05) is 30.3 Å². The Hall–Kier alpha value is -4.92. The molecule has 1 heterocycles. The number of rotatable bonds is 8. The summed E-state index contributed by atoms with van der Waals surface area (Å²) in [6.45, 7) is -0.240. The lowest BCUT2D eigenvalue weighted by molar-refractivity contribution is -0.307. The zero-order chi connectivity index (χ0) is 24.8. The number of imide groups is 2. The van der Waals surface area contributed by atoms with Gasteiger partial charge in [-0.15, -0.1) is 0 Å². The summed E-state index contributed by atoms with van der Waals surface area (Å²) in [5, 5.41) is 12.7. The number of hydrogen-bond donors (Lipinski definition) is 1. The fourth-order valence-electron chi connectivity index (χ4n) is 3.29. The van der Waals surface area contributed by atoms with Crippen LogP contribution in [0.2, 0.25) is 0 Å². The minimum atomic E-state index is -1.36. The van der Waals surface area contributed by atoms with E-state index >= 15 is 0 Å². The maximum atomic E-state index is 13.0. The van der Waals surface area contributed by atoms with Crippen LogP contribution >= 0.6 is 0 Å². The monoisotopic (exact) mass is 471 g/mol. The van der Waals surface area contributed by atoms with Gasteiger partial charge in [-0.3, -0.25) is 14.9 Å². The number of carbonyl (C=O) groups is 4. The SMILES string of the molecule is O=C([O-])COc1ccc(/C=C2\C(=O)NC(=O)N(c3ccc(OCc4ccccc4)cc3)C2=O)cc1. The predicted molar refractivity (Wildman–Crippen MR) is 123 cm³/mol. The molecule has 1 aliphatic heterocycles. The number of benzene rings is 3. The van der Waals surface area contributed by atoms with E-state index in [1.54, 1.807) is 24.3 Å². The Bertz CT molecular complexity index is 1280. The van der Waals surface area contributed by atoms with Crippen molar-refractivity contribution in [2.45, 2.75) is 6.61 Å². The van der Waals surface area contributed by atoms with Gasteiger partial charge in [-0.2, -0.15) is 0 Å². The number of nitrogens with one attached hydrogen (secondary N) is 1. The summed E-state index contributed by atoms with van der Waals surface area (Å²) in [7, 11) is 0. The Labute approximate surface area is 200 Å². The first-order chi connectivity index (χ1) is 16.9. The second-order valence-electron chi connectivity index (χ2n) is 7.46. The van der Waals surface area contributed by atoms with E-state index in [2.05, 4.69) is 5.32 Å². The zero-order valence-corrected chi connectivity index (χ0v) is 18.3. The highest BCUT2D eigenvalue weighted by molar-refractivity contribution is 6.39. The van der Waals surface area contributed by atoms with Crippen molar-refractivity contribution in [2.24, 2.45) is 0 Å². The van der Waals surface area contributed by atoms with Crippen molar-refractivity contribution in [3.05, 3.63) is 95.6 Å². The summed E-state index contributed by atoms with van der Waals surface area (Å²) in [4.78, 5) is 49.2. The van der Waals surface area contributed by atoms with E-state index in [-0.39, 0.29) is 17.0 Å². The minimum Gasteiger partial charge on any atom is -0.546 e. The Morgan fingerprint density at radius 1 is 0.857 bits per heavy atom. The van der Waals surface area contributed by atoms with Crippen LogP contribution in [0.25, 0.3) is 6.08 Å². The number of carboxylic acid groups (broad SMARTS) is 1. The van der Waals surface area contributed by atoms with Crippen LogP contribution in [0.15, 0.2) is 84.4 Å². The van der Waals surface area contributed by atoms with Gasteiger partial charge in [0, 0.05) is 0 Å². The van der Waals surface area contributed by atoms with Gasteiger partial charge in [0.15, 0.2) is 0 Å². The topological polar surface area (TPSA) is 125 Å². The van der Waals surface area contributed by atoms with Gasteiger partial charge in [0.05, 0.1) is 11.7 Å². The van der Waals surface area contributed by atoms with Crippen molar-refractivity contribution < 1.29 is 33.8 Å². The van der Waals surface area contributed by atoms with Gasteiger partial charge in [-0.25, -0.2) is 9.69 Å². The molecule has 0 unspecified atom stereocenters. The van der Waals surface area contributed by atoms with Crippen molar-refractivity contribution in [2.75, 3.05) is 11.5 Å². The molecule has 0 aromatic heterocycles. The number of carbonyl (C=O) groups excluding carboxylic acids is 4. The first kappa shape index (κ1) is 23.2. The van der Waals surface area contributed by atoms with Crippen LogP contribution in [-0.4, -0.2) is 30.4 Å². The Morgan fingerprint density at radius 2 is 1.49 bits per heavy atom. The van der Waals surface area contributed by atoms with Crippen LogP contribution in [0, 0.1) is 0 Å². The molecule has 176 valence electrons. The maximum absolute atomic E-state index is 13.0. The summed E-state index contributed by atoms with van der Waals surface area (Å²) >= 11 is 0. The summed E-state index contributed by atoms with van der Waals surface area (Å²) in [5.74, 6) is -2.14. The highest BCUT2D eigenvalue weighted by Crippen LogP contribution is 2.25. The second-order valence-corrected chi connectivity index (χ2v) is 7.46. The summed E-state index contributed by atoms with van der Waals surface area (Å²) in [6, 6.07) is 21.1. The van der Waals surface area contributed by atoms with Crippen LogP contribution in [0.3, 0.4) is 0 Å². The lowest BCUT2D eigenvalue weighted by Gasteiger charge is -2.26. The highest BCUT2D eigenvalue weighted by Gasteiger charge is 2.36. The number of carboxylic acids is 1. The Kier molecular flexibility index (Phi) is 6.87. The van der Waals surface area contributed by atoms with Crippen molar-refractivity contribution in [1.82, 2.24) is 5.32 Å². The molecule has 0 bridgehead atoms. The largest absolute Gasteiger partial charge is 0.546 e. The zero-order valence-electron chi connectivity index (χ0n) is 18.3. The average molecular weight is 471 g/mol. The molecular formula is C26H19N2O7-. The van der Waals surface area contributed by atoms with Crippen LogP contribution in [0.5, 0.6) is 11.5 Å². The Morgan fingerprint density at radius 3 is 2.14 bits per heavy atom. The highest BCUT2D eigenvalue weighted by atomic mass is 16.5. The van der Waals surface area contributed by atoms with Crippen molar-refractivity contribution in [1.29, 1.82) is 0 Å². The van der Waals surface area contributed by atoms with Crippen LogP contribution in [0.4, 0.5) is 10.5 Å². The van der Waals surface area contributed by atoms with Crippen LogP contribution in [0.1, 0.15) is 11.1 Å². The van der Waals surface area contributed by atoms with Crippen LogP contribution < -0.4 is 24.8 Å². The molecule has 0 saturated carbocycles. The predicted octanol–water partition coefficient (Wildman–Crippen LogP) is 2.06.